The second-order valence-electron chi connectivity index (χ2n) is 5.30. The van der Waals surface area contributed by atoms with Gasteiger partial charge in [-0.15, -0.1) is 10.2 Å². The summed E-state index contributed by atoms with van der Waals surface area (Å²) in [6, 6.07) is 16.3. The fourth-order valence-electron chi connectivity index (χ4n) is 2.08. The van der Waals surface area contributed by atoms with Gasteiger partial charge in [-0.2, -0.15) is 0 Å². The van der Waals surface area contributed by atoms with E-state index < -0.39 is 0 Å². The van der Waals surface area contributed by atoms with Crippen molar-refractivity contribution in [3.8, 4) is 0 Å². The zero-order chi connectivity index (χ0) is 19.1. The number of amides is 1. The lowest BCUT2D eigenvalue weighted by atomic mass is 10.2. The van der Waals surface area contributed by atoms with E-state index in [0.717, 1.165) is 5.56 Å². The molecule has 5 nitrogen and oxygen atoms in total. The molecule has 1 N–H and O–H groups in total. The number of rotatable bonds is 7. The molecule has 0 saturated carbocycles. The van der Waals surface area contributed by atoms with Crippen LogP contribution in [0, 0.1) is 0 Å². The van der Waals surface area contributed by atoms with Crippen LogP contribution < -0.4 is 5.32 Å². The molecule has 1 aromatic heterocycles. The summed E-state index contributed by atoms with van der Waals surface area (Å²) in [6.07, 6.45) is 3.02. The SMILES string of the molecule is O=C(/C=C/c1ccccc1Cl)Nc1nnc(SCC(=O)c2ccccc2)s1. The van der Waals surface area contributed by atoms with Gasteiger partial charge in [0.1, 0.15) is 0 Å². The zero-order valence-corrected chi connectivity index (χ0v) is 16.4. The Morgan fingerprint density at radius 3 is 2.59 bits per heavy atom. The maximum absolute atomic E-state index is 12.1. The Labute approximate surface area is 169 Å². The smallest absolute Gasteiger partial charge is 0.250 e. The molecular weight excluding hydrogens is 402 g/mol. The van der Waals surface area contributed by atoms with Gasteiger partial charge in [0, 0.05) is 16.7 Å². The molecule has 27 heavy (non-hydrogen) atoms. The van der Waals surface area contributed by atoms with E-state index in [-0.39, 0.29) is 17.4 Å². The summed E-state index contributed by atoms with van der Waals surface area (Å²) in [6.45, 7) is 0. The van der Waals surface area contributed by atoms with Crippen LogP contribution in [0.25, 0.3) is 6.08 Å². The summed E-state index contributed by atoms with van der Waals surface area (Å²) in [7, 11) is 0. The minimum atomic E-state index is -0.331. The van der Waals surface area contributed by atoms with E-state index in [4.69, 9.17) is 11.6 Å². The molecule has 8 heteroatoms. The van der Waals surface area contributed by atoms with Crippen molar-refractivity contribution in [3.63, 3.8) is 0 Å². The number of nitrogens with zero attached hydrogens (tertiary/aromatic N) is 2. The highest BCUT2D eigenvalue weighted by molar-refractivity contribution is 8.01. The van der Waals surface area contributed by atoms with Crippen molar-refractivity contribution in [2.75, 3.05) is 11.1 Å². The van der Waals surface area contributed by atoms with Crippen molar-refractivity contribution in [2.45, 2.75) is 4.34 Å². The van der Waals surface area contributed by atoms with Crippen LogP contribution in [0.2, 0.25) is 5.02 Å². The Morgan fingerprint density at radius 1 is 1.07 bits per heavy atom. The maximum atomic E-state index is 12.1. The van der Waals surface area contributed by atoms with E-state index in [1.54, 1.807) is 24.3 Å². The summed E-state index contributed by atoms with van der Waals surface area (Å²) in [4.78, 5) is 24.1. The molecule has 0 radical (unpaired) electrons. The van der Waals surface area contributed by atoms with Crippen LogP contribution in [0.15, 0.2) is 65.0 Å². The molecule has 0 saturated heterocycles. The average molecular weight is 416 g/mol. The maximum Gasteiger partial charge on any atom is 0.250 e. The van der Waals surface area contributed by atoms with E-state index in [1.165, 1.54) is 29.2 Å². The summed E-state index contributed by atoms with van der Waals surface area (Å²) < 4.78 is 0.615. The fourth-order valence-corrected chi connectivity index (χ4v) is 3.92. The molecule has 0 fully saturated rings. The van der Waals surface area contributed by atoms with Gasteiger partial charge in [-0.25, -0.2) is 0 Å². The zero-order valence-electron chi connectivity index (χ0n) is 14.0. The molecule has 0 unspecified atom stereocenters. The third kappa shape index (κ3) is 5.75. The largest absolute Gasteiger partial charge is 0.297 e. The number of aromatic nitrogens is 2. The first kappa shape index (κ1) is 19.3. The number of anilines is 1. The highest BCUT2D eigenvalue weighted by atomic mass is 35.5. The molecular formula is C19H14ClN3O2S2. The summed E-state index contributed by atoms with van der Waals surface area (Å²) >= 11 is 8.55. The molecule has 0 aliphatic rings. The van der Waals surface area contributed by atoms with E-state index in [9.17, 15) is 9.59 Å². The highest BCUT2D eigenvalue weighted by Gasteiger charge is 2.10. The van der Waals surface area contributed by atoms with E-state index in [2.05, 4.69) is 15.5 Å². The first-order valence-electron chi connectivity index (χ1n) is 7.90. The number of hydrogen-bond donors (Lipinski definition) is 1. The number of Topliss-reactive ketones (excluding diaryl/α,β-unsaturated/α-hetero) is 1. The second kappa shape index (κ2) is 9.45. The van der Waals surface area contributed by atoms with Gasteiger partial charge in [0.2, 0.25) is 11.0 Å². The van der Waals surface area contributed by atoms with E-state index >= 15 is 0 Å². The summed E-state index contributed by atoms with van der Waals surface area (Å²) in [5.41, 5.74) is 1.41. The Morgan fingerprint density at radius 2 is 1.81 bits per heavy atom. The van der Waals surface area contributed by atoms with Gasteiger partial charge in [0.15, 0.2) is 10.1 Å². The topological polar surface area (TPSA) is 72.0 Å². The third-order valence-electron chi connectivity index (χ3n) is 3.38. The van der Waals surface area contributed by atoms with Crippen LogP contribution in [-0.2, 0) is 4.79 Å². The molecule has 0 bridgehead atoms. The molecule has 2 aromatic carbocycles. The fraction of sp³-hybridized carbons (Fsp3) is 0.0526. The molecule has 0 atom stereocenters. The van der Waals surface area contributed by atoms with Crippen LogP contribution >= 0.6 is 34.7 Å². The van der Waals surface area contributed by atoms with Crippen molar-refractivity contribution < 1.29 is 9.59 Å². The van der Waals surface area contributed by atoms with Crippen LogP contribution in [0.1, 0.15) is 15.9 Å². The van der Waals surface area contributed by atoms with Gasteiger partial charge in [0.05, 0.1) is 5.75 Å². The van der Waals surface area contributed by atoms with Gasteiger partial charge in [-0.05, 0) is 17.7 Å². The van der Waals surface area contributed by atoms with Crippen LogP contribution in [0.4, 0.5) is 5.13 Å². The monoisotopic (exact) mass is 415 g/mol. The van der Waals surface area contributed by atoms with Crippen LogP contribution in [-0.4, -0.2) is 27.6 Å². The number of carbonyl (C=O) groups is 2. The van der Waals surface area contributed by atoms with Crippen molar-refractivity contribution in [2.24, 2.45) is 0 Å². The minimum Gasteiger partial charge on any atom is -0.297 e. The standard InChI is InChI=1S/C19H14ClN3O2S2/c20-15-9-5-4-6-13(15)10-11-17(25)21-18-22-23-19(27-18)26-12-16(24)14-7-2-1-3-8-14/h1-11H,12H2,(H,21,22,25)/b11-10+. The van der Waals surface area contributed by atoms with Crippen LogP contribution in [0.5, 0.6) is 0 Å². The Bertz CT molecular complexity index is 974. The number of nitrogens with one attached hydrogen (secondary N) is 1. The molecule has 136 valence electrons. The molecule has 3 rings (SSSR count). The van der Waals surface area contributed by atoms with E-state index in [0.29, 0.717) is 20.1 Å². The first-order chi connectivity index (χ1) is 13.1. The third-order valence-corrected chi connectivity index (χ3v) is 5.69. The van der Waals surface area contributed by atoms with Crippen molar-refractivity contribution in [1.82, 2.24) is 10.2 Å². The van der Waals surface area contributed by atoms with Gasteiger partial charge in [-0.1, -0.05) is 83.2 Å². The summed E-state index contributed by atoms with van der Waals surface area (Å²) in [5, 5.41) is 11.5. The molecule has 3 aromatic rings. The van der Waals surface area contributed by atoms with Crippen molar-refractivity contribution >= 4 is 57.6 Å². The second-order valence-corrected chi connectivity index (χ2v) is 7.90. The number of carbonyl (C=O) groups excluding carboxylic acids is 2. The highest BCUT2D eigenvalue weighted by Crippen LogP contribution is 2.26. The quantitative estimate of drug-likeness (QED) is 0.259. The molecule has 1 amide bonds. The lowest BCUT2D eigenvalue weighted by Crippen LogP contribution is -2.07. The number of halogens is 1. The first-order valence-corrected chi connectivity index (χ1v) is 10.1. The predicted octanol–water partition coefficient (Wildman–Crippen LogP) is 4.82. The normalized spacial score (nSPS) is 10.9. The minimum absolute atomic E-state index is 0.0176. The predicted molar refractivity (Wildman–Crippen MR) is 111 cm³/mol. The van der Waals surface area contributed by atoms with Gasteiger partial charge < -0.3 is 0 Å². The van der Waals surface area contributed by atoms with Gasteiger partial charge in [-0.3, -0.25) is 14.9 Å². The Hall–Kier alpha value is -2.48. The van der Waals surface area contributed by atoms with Crippen LogP contribution in [0.3, 0.4) is 0 Å². The number of benzene rings is 2. The number of thioether (sulfide) groups is 1. The average Bonchev–Trinajstić information content (AvgIpc) is 3.13. The number of ketones is 1. The van der Waals surface area contributed by atoms with E-state index in [1.807, 2.05) is 36.4 Å². The molecule has 0 aliphatic heterocycles. The lowest BCUT2D eigenvalue weighted by molar-refractivity contribution is -0.111. The van der Waals surface area contributed by atoms with Crippen molar-refractivity contribution in [1.29, 1.82) is 0 Å². The molecule has 1 heterocycles. The Kier molecular flexibility index (Phi) is 6.75. The van der Waals surface area contributed by atoms with Crippen molar-refractivity contribution in [3.05, 3.63) is 76.8 Å². The lowest BCUT2D eigenvalue weighted by Gasteiger charge is -1.98. The molecule has 0 aliphatic carbocycles. The number of hydrogen-bond acceptors (Lipinski definition) is 6. The van der Waals surface area contributed by atoms with Gasteiger partial charge >= 0.3 is 0 Å². The van der Waals surface area contributed by atoms with Gasteiger partial charge in [0.25, 0.3) is 0 Å². The summed E-state index contributed by atoms with van der Waals surface area (Å²) in [5.74, 6) is -0.0500. The Balaban J connectivity index is 1.52. The molecule has 0 spiro atoms.